The van der Waals surface area contributed by atoms with Crippen molar-refractivity contribution < 1.29 is 9.90 Å². The third kappa shape index (κ3) is 1.55. The molecule has 84 valence electrons. The Labute approximate surface area is 97.5 Å². The molecular weight excluding hydrogens is 228 g/mol. The van der Waals surface area contributed by atoms with Crippen LogP contribution in [0.1, 0.15) is 30.2 Å². The maximum absolute atomic E-state index is 10.9. The van der Waals surface area contributed by atoms with Crippen molar-refractivity contribution in [3.8, 4) is 0 Å². The predicted molar refractivity (Wildman–Crippen MR) is 62.1 cm³/mol. The highest BCUT2D eigenvalue weighted by atomic mass is 35.5. The van der Waals surface area contributed by atoms with Gasteiger partial charge in [0.15, 0.2) is 0 Å². The Hall–Kier alpha value is -1.55. The second-order valence-electron chi connectivity index (χ2n) is 3.85. The van der Waals surface area contributed by atoms with E-state index in [0.717, 1.165) is 0 Å². The van der Waals surface area contributed by atoms with Gasteiger partial charge in [0.25, 0.3) is 0 Å². The van der Waals surface area contributed by atoms with E-state index in [0.29, 0.717) is 11.0 Å². The topological polar surface area (TPSA) is 55.1 Å². The van der Waals surface area contributed by atoms with Crippen molar-refractivity contribution in [3.63, 3.8) is 0 Å². The minimum Gasteiger partial charge on any atom is -0.478 e. The van der Waals surface area contributed by atoms with Crippen LogP contribution in [0.5, 0.6) is 0 Å². The van der Waals surface area contributed by atoms with Crippen molar-refractivity contribution in [2.75, 3.05) is 0 Å². The smallest absolute Gasteiger partial charge is 0.338 e. The molecule has 4 nitrogen and oxygen atoms in total. The molecule has 0 aliphatic heterocycles. The Bertz CT molecular complexity index is 560. The van der Waals surface area contributed by atoms with Gasteiger partial charge in [0.05, 0.1) is 10.6 Å². The number of aromatic carboxylic acids is 1. The Kier molecular flexibility index (Phi) is 2.59. The third-order valence-corrected chi connectivity index (χ3v) is 2.87. The Morgan fingerprint density at radius 2 is 2.25 bits per heavy atom. The number of hydrogen-bond acceptors (Lipinski definition) is 2. The van der Waals surface area contributed by atoms with E-state index < -0.39 is 5.97 Å². The Balaban J connectivity index is 2.73. The molecule has 0 bridgehead atoms. The molecule has 2 rings (SSSR count). The first-order chi connectivity index (χ1) is 7.52. The molecule has 2 heterocycles. The summed E-state index contributed by atoms with van der Waals surface area (Å²) in [6.07, 6.45) is 3.16. The van der Waals surface area contributed by atoms with Crippen LogP contribution in [0, 0.1) is 0 Å². The summed E-state index contributed by atoms with van der Waals surface area (Å²) >= 11 is 6.02. The van der Waals surface area contributed by atoms with Gasteiger partial charge in [-0.25, -0.2) is 9.78 Å². The zero-order valence-corrected chi connectivity index (χ0v) is 9.69. The van der Waals surface area contributed by atoms with E-state index in [2.05, 4.69) is 4.98 Å². The lowest BCUT2D eigenvalue weighted by molar-refractivity contribution is 0.0697. The van der Waals surface area contributed by atoms with Crippen LogP contribution >= 0.6 is 11.6 Å². The molecule has 0 saturated heterocycles. The highest BCUT2D eigenvalue weighted by Crippen LogP contribution is 2.28. The number of carboxylic acid groups (broad SMARTS) is 1. The quantitative estimate of drug-likeness (QED) is 0.875. The van der Waals surface area contributed by atoms with Gasteiger partial charge in [-0.05, 0) is 19.9 Å². The second-order valence-corrected chi connectivity index (χ2v) is 4.22. The van der Waals surface area contributed by atoms with E-state index in [-0.39, 0.29) is 16.6 Å². The van der Waals surface area contributed by atoms with Gasteiger partial charge in [0.1, 0.15) is 5.65 Å². The predicted octanol–water partition coefficient (Wildman–Crippen LogP) is 2.97. The summed E-state index contributed by atoms with van der Waals surface area (Å²) in [5, 5.41) is 9.83. The molecule has 1 N–H and O–H groups in total. The van der Waals surface area contributed by atoms with Crippen molar-refractivity contribution in [2.24, 2.45) is 0 Å². The van der Waals surface area contributed by atoms with Crippen molar-refractivity contribution in [2.45, 2.75) is 19.9 Å². The first-order valence-electron chi connectivity index (χ1n) is 4.90. The lowest BCUT2D eigenvalue weighted by atomic mass is 10.2. The molecule has 2 aromatic heterocycles. The largest absolute Gasteiger partial charge is 0.478 e. The van der Waals surface area contributed by atoms with Crippen molar-refractivity contribution >= 4 is 28.6 Å². The molecule has 0 amide bonds. The third-order valence-electron chi connectivity index (χ3n) is 2.46. The van der Waals surface area contributed by atoms with Gasteiger partial charge >= 0.3 is 5.97 Å². The number of nitrogens with zero attached hydrogens (tertiary/aromatic N) is 2. The van der Waals surface area contributed by atoms with Crippen LogP contribution in [0.2, 0.25) is 5.02 Å². The van der Waals surface area contributed by atoms with Gasteiger partial charge in [0, 0.05) is 23.8 Å². The van der Waals surface area contributed by atoms with E-state index in [1.165, 1.54) is 6.20 Å². The molecule has 0 spiro atoms. The fraction of sp³-hybridized carbons (Fsp3) is 0.273. The fourth-order valence-electron chi connectivity index (χ4n) is 1.64. The number of carbonyl (C=O) groups is 1. The number of carboxylic acids is 1. The van der Waals surface area contributed by atoms with Crippen LogP contribution < -0.4 is 0 Å². The maximum atomic E-state index is 10.9. The summed E-state index contributed by atoms with van der Waals surface area (Å²) in [5.74, 6) is -1.06. The molecule has 0 fully saturated rings. The summed E-state index contributed by atoms with van der Waals surface area (Å²) in [5.41, 5.74) is 0.751. The Morgan fingerprint density at radius 1 is 1.56 bits per heavy atom. The number of hydrogen-bond donors (Lipinski definition) is 1. The molecule has 0 radical (unpaired) electrons. The van der Waals surface area contributed by atoms with Crippen molar-refractivity contribution in [1.82, 2.24) is 9.55 Å². The number of fused-ring (bicyclic) bond motifs is 1. The van der Waals surface area contributed by atoms with Gasteiger partial charge in [-0.2, -0.15) is 0 Å². The van der Waals surface area contributed by atoms with Crippen LogP contribution in [0.4, 0.5) is 0 Å². The lowest BCUT2D eigenvalue weighted by Gasteiger charge is -2.08. The monoisotopic (exact) mass is 238 g/mol. The van der Waals surface area contributed by atoms with E-state index in [1.807, 2.05) is 24.6 Å². The molecule has 2 aromatic rings. The van der Waals surface area contributed by atoms with E-state index >= 15 is 0 Å². The minimum absolute atomic E-state index is 0.0377. The highest BCUT2D eigenvalue weighted by molar-refractivity contribution is 6.38. The van der Waals surface area contributed by atoms with Crippen molar-refractivity contribution in [3.05, 3.63) is 29.0 Å². The summed E-state index contributed by atoms with van der Waals surface area (Å²) in [6.45, 7) is 4.06. The van der Waals surface area contributed by atoms with Gasteiger partial charge in [0.2, 0.25) is 0 Å². The first-order valence-corrected chi connectivity index (χ1v) is 5.28. The standard InChI is InChI=1S/C11H11ClN2O2/c1-6(2)14-4-3-7-9(12)8(11(15)16)5-13-10(7)14/h3-6H,1-2H3,(H,15,16). The van der Waals surface area contributed by atoms with Gasteiger partial charge < -0.3 is 9.67 Å². The van der Waals surface area contributed by atoms with Gasteiger partial charge in [-0.15, -0.1) is 0 Å². The lowest BCUT2D eigenvalue weighted by Crippen LogP contribution is -2.02. The average Bonchev–Trinajstić information content (AvgIpc) is 2.61. The van der Waals surface area contributed by atoms with Crippen LogP contribution in [-0.4, -0.2) is 20.6 Å². The van der Waals surface area contributed by atoms with Gasteiger partial charge in [-0.1, -0.05) is 11.6 Å². The number of pyridine rings is 1. The number of halogens is 1. The molecule has 0 atom stereocenters. The molecule has 0 aliphatic carbocycles. The second kappa shape index (κ2) is 3.79. The van der Waals surface area contributed by atoms with E-state index in [9.17, 15) is 4.79 Å². The molecule has 0 saturated carbocycles. The van der Waals surface area contributed by atoms with E-state index in [1.54, 1.807) is 6.07 Å². The molecule has 0 unspecified atom stereocenters. The maximum Gasteiger partial charge on any atom is 0.338 e. The normalized spacial score (nSPS) is 11.2. The number of rotatable bonds is 2. The molecule has 0 aliphatic rings. The van der Waals surface area contributed by atoms with Gasteiger partial charge in [-0.3, -0.25) is 0 Å². The average molecular weight is 239 g/mol. The summed E-state index contributed by atoms with van der Waals surface area (Å²) in [7, 11) is 0. The summed E-state index contributed by atoms with van der Waals surface area (Å²) in [6, 6.07) is 2.05. The van der Waals surface area contributed by atoms with E-state index in [4.69, 9.17) is 16.7 Å². The van der Waals surface area contributed by atoms with Crippen LogP contribution in [0.25, 0.3) is 11.0 Å². The molecule has 0 aromatic carbocycles. The zero-order chi connectivity index (χ0) is 11.9. The van der Waals surface area contributed by atoms with Crippen LogP contribution in [-0.2, 0) is 0 Å². The zero-order valence-electron chi connectivity index (χ0n) is 8.94. The van der Waals surface area contributed by atoms with Crippen molar-refractivity contribution in [1.29, 1.82) is 0 Å². The molecule has 16 heavy (non-hydrogen) atoms. The highest BCUT2D eigenvalue weighted by Gasteiger charge is 2.15. The molecular formula is C11H11ClN2O2. The number of aromatic nitrogens is 2. The SMILES string of the molecule is CC(C)n1ccc2c(Cl)c(C(=O)O)cnc21. The molecule has 5 heteroatoms. The van der Waals surface area contributed by atoms with Crippen LogP contribution in [0.3, 0.4) is 0 Å². The first kappa shape index (κ1) is 11.0. The summed E-state index contributed by atoms with van der Waals surface area (Å²) < 4.78 is 1.95. The fourth-order valence-corrected chi connectivity index (χ4v) is 1.92. The summed E-state index contributed by atoms with van der Waals surface area (Å²) in [4.78, 5) is 15.0. The Morgan fingerprint density at radius 3 is 2.81 bits per heavy atom. The minimum atomic E-state index is -1.06. The van der Waals surface area contributed by atoms with Crippen LogP contribution in [0.15, 0.2) is 18.5 Å².